The molecule has 0 aliphatic carbocycles. The number of anilines is 2. The van der Waals surface area contributed by atoms with Crippen LogP contribution in [0.4, 0.5) is 11.4 Å². The van der Waals surface area contributed by atoms with Crippen LogP contribution in [0.3, 0.4) is 0 Å². The highest BCUT2D eigenvalue weighted by Crippen LogP contribution is 2.30. The van der Waals surface area contributed by atoms with Gasteiger partial charge in [-0.15, -0.1) is 0 Å². The smallest absolute Gasteiger partial charge is 0.258 e. The Balaban J connectivity index is 1.19. The molecule has 2 aromatic heterocycles. The number of nitrogens with zero attached hydrogens (tertiary/aromatic N) is 3. The molecule has 3 heterocycles. The van der Waals surface area contributed by atoms with E-state index in [1.807, 2.05) is 77.8 Å². The Labute approximate surface area is 233 Å². The summed E-state index contributed by atoms with van der Waals surface area (Å²) in [5.74, 6) is -0.222. The fraction of sp³-hybridized carbons (Fsp3) is 0.147. The minimum absolute atomic E-state index is 0.0328. The number of aromatic nitrogens is 2. The van der Waals surface area contributed by atoms with Gasteiger partial charge >= 0.3 is 0 Å². The van der Waals surface area contributed by atoms with E-state index < -0.39 is 0 Å². The number of hydrogen-bond donors (Lipinski definition) is 1. The summed E-state index contributed by atoms with van der Waals surface area (Å²) in [5.41, 5.74) is 6.98. The normalized spacial score (nSPS) is 12.8. The predicted molar refractivity (Wildman–Crippen MR) is 159 cm³/mol. The highest BCUT2D eigenvalue weighted by Gasteiger charge is 2.25. The van der Waals surface area contributed by atoms with Crippen molar-refractivity contribution in [1.29, 1.82) is 0 Å². The number of hydrogen-bond acceptors (Lipinski definition) is 3. The fourth-order valence-electron chi connectivity index (χ4n) is 5.34. The Morgan fingerprint density at radius 1 is 0.825 bits per heavy atom. The van der Waals surface area contributed by atoms with Gasteiger partial charge in [0.15, 0.2) is 0 Å². The number of rotatable bonds is 6. The first-order valence-electron chi connectivity index (χ1n) is 13.6. The maximum absolute atomic E-state index is 13.7. The molecule has 5 aromatic rings. The average Bonchev–Trinajstić information content (AvgIpc) is 3.26. The van der Waals surface area contributed by atoms with E-state index in [0.717, 1.165) is 48.2 Å². The van der Waals surface area contributed by atoms with Crippen LogP contribution in [0, 0.1) is 0 Å². The molecule has 0 atom stereocenters. The summed E-state index contributed by atoms with van der Waals surface area (Å²) in [4.78, 5) is 33.0. The van der Waals surface area contributed by atoms with E-state index in [-0.39, 0.29) is 11.8 Å². The van der Waals surface area contributed by atoms with Gasteiger partial charge in [0.25, 0.3) is 11.8 Å². The summed E-state index contributed by atoms with van der Waals surface area (Å²) in [6.07, 6.45) is 8.63. The molecule has 1 aliphatic rings. The lowest BCUT2D eigenvalue weighted by molar-refractivity contribution is 0.0985. The standard InChI is InChI=1S/C34H30N4O2/c39-33(30-13-5-4-12-29(30)26-10-2-1-3-11-26)36-28-17-15-27(16-18-28)34(40)38-21-7-6-14-31-32(38)19-22-37(31)24-25-9-8-20-35-23-25/h1-5,8-13,15-20,22-23H,6-7,14,21,24H2,(H,36,39). The van der Waals surface area contributed by atoms with Crippen LogP contribution < -0.4 is 10.2 Å². The lowest BCUT2D eigenvalue weighted by Gasteiger charge is -2.22. The van der Waals surface area contributed by atoms with E-state index in [4.69, 9.17) is 0 Å². The van der Waals surface area contributed by atoms with Crippen molar-refractivity contribution in [2.75, 3.05) is 16.8 Å². The molecule has 0 fully saturated rings. The van der Waals surface area contributed by atoms with Crippen molar-refractivity contribution >= 4 is 23.2 Å². The monoisotopic (exact) mass is 526 g/mol. The largest absolute Gasteiger partial charge is 0.345 e. The van der Waals surface area contributed by atoms with E-state index >= 15 is 0 Å². The number of pyridine rings is 1. The Morgan fingerprint density at radius 3 is 2.42 bits per heavy atom. The summed E-state index contributed by atoms with van der Waals surface area (Å²) in [6.45, 7) is 1.41. The van der Waals surface area contributed by atoms with Gasteiger partial charge in [0, 0.05) is 54.2 Å². The quantitative estimate of drug-likeness (QED) is 0.264. The number of nitrogens with one attached hydrogen (secondary N) is 1. The van der Waals surface area contributed by atoms with E-state index in [1.54, 1.807) is 30.5 Å². The third kappa shape index (κ3) is 5.29. The number of carbonyl (C=O) groups excluding carboxylic acids is 2. The molecular weight excluding hydrogens is 496 g/mol. The second-order valence-corrected chi connectivity index (χ2v) is 9.99. The molecule has 0 saturated carbocycles. The molecule has 0 spiro atoms. The summed E-state index contributed by atoms with van der Waals surface area (Å²) >= 11 is 0. The fourth-order valence-corrected chi connectivity index (χ4v) is 5.34. The molecule has 198 valence electrons. The number of amides is 2. The third-order valence-corrected chi connectivity index (χ3v) is 7.36. The van der Waals surface area contributed by atoms with Crippen LogP contribution in [0.25, 0.3) is 11.1 Å². The van der Waals surface area contributed by atoms with E-state index in [9.17, 15) is 9.59 Å². The predicted octanol–water partition coefficient (Wildman–Crippen LogP) is 6.83. The highest BCUT2D eigenvalue weighted by atomic mass is 16.2. The van der Waals surface area contributed by atoms with Gasteiger partial charge in [-0.2, -0.15) is 0 Å². The van der Waals surface area contributed by atoms with Gasteiger partial charge in [-0.05, 0) is 78.4 Å². The molecule has 0 radical (unpaired) electrons. The molecular formula is C34H30N4O2. The maximum atomic E-state index is 13.7. The van der Waals surface area contributed by atoms with Crippen LogP contribution >= 0.6 is 0 Å². The van der Waals surface area contributed by atoms with Gasteiger partial charge in [0.05, 0.1) is 5.69 Å². The number of benzene rings is 3. The van der Waals surface area contributed by atoms with Crippen LogP contribution in [-0.4, -0.2) is 27.9 Å². The van der Waals surface area contributed by atoms with Crippen molar-refractivity contribution in [2.45, 2.75) is 25.8 Å². The Hall–Kier alpha value is -4.97. The lowest BCUT2D eigenvalue weighted by atomic mass is 9.99. The van der Waals surface area contributed by atoms with Gasteiger partial charge in [0.1, 0.15) is 0 Å². The van der Waals surface area contributed by atoms with E-state index in [2.05, 4.69) is 27.1 Å². The van der Waals surface area contributed by atoms with Crippen molar-refractivity contribution in [2.24, 2.45) is 0 Å². The molecule has 2 amide bonds. The van der Waals surface area contributed by atoms with E-state index in [0.29, 0.717) is 23.4 Å². The van der Waals surface area contributed by atoms with Gasteiger partial charge in [-0.3, -0.25) is 14.6 Å². The van der Waals surface area contributed by atoms with Crippen LogP contribution in [0.1, 0.15) is 44.8 Å². The topological polar surface area (TPSA) is 67.2 Å². The first kappa shape index (κ1) is 25.3. The van der Waals surface area contributed by atoms with Gasteiger partial charge in [0.2, 0.25) is 0 Å². The molecule has 6 nitrogen and oxygen atoms in total. The maximum Gasteiger partial charge on any atom is 0.258 e. The molecule has 1 N–H and O–H groups in total. The second-order valence-electron chi connectivity index (χ2n) is 9.99. The molecule has 1 aliphatic heterocycles. The van der Waals surface area contributed by atoms with Crippen molar-refractivity contribution in [3.05, 3.63) is 138 Å². The first-order chi connectivity index (χ1) is 19.7. The molecule has 0 unspecified atom stereocenters. The summed E-state index contributed by atoms with van der Waals surface area (Å²) in [7, 11) is 0. The third-order valence-electron chi connectivity index (χ3n) is 7.36. The van der Waals surface area contributed by atoms with Gasteiger partial charge in [-0.1, -0.05) is 54.6 Å². The average molecular weight is 527 g/mol. The number of fused-ring (bicyclic) bond motifs is 1. The minimum atomic E-state index is -0.189. The number of carbonyl (C=O) groups is 2. The van der Waals surface area contributed by atoms with Crippen LogP contribution in [0.15, 0.2) is 116 Å². The SMILES string of the molecule is O=C(Nc1ccc(C(=O)N2CCCCc3c2ccn3Cc2cccnc2)cc1)c1ccccc1-c1ccccc1. The van der Waals surface area contributed by atoms with Crippen molar-refractivity contribution in [3.63, 3.8) is 0 Å². The summed E-state index contributed by atoms with van der Waals surface area (Å²) in [5, 5.41) is 2.99. The second kappa shape index (κ2) is 11.4. The van der Waals surface area contributed by atoms with Crippen LogP contribution in [0.5, 0.6) is 0 Å². The Morgan fingerprint density at radius 2 is 1.62 bits per heavy atom. The molecule has 3 aromatic carbocycles. The van der Waals surface area contributed by atoms with Crippen molar-refractivity contribution in [1.82, 2.24) is 9.55 Å². The van der Waals surface area contributed by atoms with Crippen molar-refractivity contribution in [3.8, 4) is 11.1 Å². The van der Waals surface area contributed by atoms with Gasteiger partial charge < -0.3 is 14.8 Å². The molecule has 0 bridgehead atoms. The van der Waals surface area contributed by atoms with E-state index in [1.165, 1.54) is 5.69 Å². The minimum Gasteiger partial charge on any atom is -0.345 e. The first-order valence-corrected chi connectivity index (χ1v) is 13.6. The zero-order valence-corrected chi connectivity index (χ0v) is 22.2. The lowest BCUT2D eigenvalue weighted by Crippen LogP contribution is -2.31. The zero-order valence-electron chi connectivity index (χ0n) is 22.2. The molecule has 40 heavy (non-hydrogen) atoms. The highest BCUT2D eigenvalue weighted by molar-refractivity contribution is 6.09. The van der Waals surface area contributed by atoms with Gasteiger partial charge in [-0.25, -0.2) is 0 Å². The molecule has 6 rings (SSSR count). The van der Waals surface area contributed by atoms with Crippen LogP contribution in [0.2, 0.25) is 0 Å². The van der Waals surface area contributed by atoms with Crippen LogP contribution in [-0.2, 0) is 13.0 Å². The summed E-state index contributed by atoms with van der Waals surface area (Å²) < 4.78 is 2.23. The van der Waals surface area contributed by atoms with Crippen molar-refractivity contribution < 1.29 is 9.59 Å². The zero-order chi connectivity index (χ0) is 27.3. The summed E-state index contributed by atoms with van der Waals surface area (Å²) in [6, 6.07) is 30.7. The Kier molecular flexibility index (Phi) is 7.22. The molecule has 0 saturated heterocycles. The Bertz CT molecular complexity index is 1630. The molecule has 6 heteroatoms.